The van der Waals surface area contributed by atoms with E-state index >= 15 is 0 Å². The van der Waals surface area contributed by atoms with Crippen LogP contribution in [0.15, 0.2) is 173 Å². The third-order valence-corrected chi connectivity index (χ3v) is 26.6. The molecule has 0 radical (unpaired) electrons. The Kier molecular flexibility index (Phi) is 25.5. The summed E-state index contributed by atoms with van der Waals surface area (Å²) in [5.41, 5.74) is 23.2. The number of fused-ring (bicyclic) bond motifs is 4. The molecule has 16 aromatic rings. The van der Waals surface area contributed by atoms with Crippen molar-refractivity contribution in [2.24, 2.45) is 5.73 Å². The number of aromatic nitrogens is 28. The summed E-state index contributed by atoms with van der Waals surface area (Å²) in [4.78, 5) is 60.3. The second-order valence-electron chi connectivity index (χ2n) is 33.3. The third kappa shape index (κ3) is 18.1. The van der Waals surface area contributed by atoms with Gasteiger partial charge in [-0.2, -0.15) is 65.5 Å². The van der Waals surface area contributed by atoms with Crippen LogP contribution in [0, 0.1) is 0 Å². The van der Waals surface area contributed by atoms with Gasteiger partial charge in [0.05, 0.1) is 228 Å². The SMILES string of the molecule is CCC(CC)n1cc(-c2nc(-c3cnn(C4CCN(C(=O)CN)CC4)c3)cn3nccc23)cn1.CCC(CC)n1cc(-c2nc(-c3cnn(C4CN(C(=O)NC)C4)c3)cn3nccc23)cn1.CCC(CC)n1cc(-c2nc(-c3cnn(C4CN(C(C)=O)C4)c3)cn3nccc23)cn1.CCC(CC)n1cc(-c2nc(-c3cnn(C4CN(S(C)(=O)=O)C4)c3)cn3nccc23)cn1. The number of piperidine rings is 1. The molecule has 3 N–H and O–H groups in total. The highest BCUT2D eigenvalue weighted by Crippen LogP contribution is 2.37. The first-order valence-electron chi connectivity index (χ1n) is 44.5. The molecule has 4 aliphatic rings. The van der Waals surface area contributed by atoms with Gasteiger partial charge in [0.15, 0.2) is 0 Å². The van der Waals surface area contributed by atoms with Gasteiger partial charge in [-0.15, -0.1) is 0 Å². The van der Waals surface area contributed by atoms with Gasteiger partial charge in [-0.25, -0.2) is 51.2 Å². The minimum absolute atomic E-state index is 0.0105. The van der Waals surface area contributed by atoms with E-state index in [9.17, 15) is 22.8 Å². The van der Waals surface area contributed by atoms with Crippen molar-refractivity contribution < 1.29 is 22.8 Å². The summed E-state index contributed by atoms with van der Waals surface area (Å²) in [6, 6.07) is 9.96. The zero-order chi connectivity index (χ0) is 89.9. The number of carbonyl (C=O) groups is 3. The molecule has 39 nitrogen and oxygen atoms in total. The second kappa shape index (κ2) is 37.7. The van der Waals surface area contributed by atoms with Crippen LogP contribution in [0.2, 0.25) is 0 Å². The molecule has 0 unspecified atom stereocenters. The van der Waals surface area contributed by atoms with Crippen molar-refractivity contribution in [2.75, 3.05) is 72.2 Å². The molecule has 4 saturated heterocycles. The predicted octanol–water partition coefficient (Wildman–Crippen LogP) is 11.8. The Bertz CT molecular complexity index is 6700. The summed E-state index contributed by atoms with van der Waals surface area (Å²) < 4.78 is 47.9. The molecule has 129 heavy (non-hydrogen) atoms. The third-order valence-electron chi connectivity index (χ3n) is 25.4. The van der Waals surface area contributed by atoms with E-state index in [-0.39, 0.29) is 48.6 Å². The minimum Gasteiger partial charge on any atom is -0.341 e. The lowest BCUT2D eigenvalue weighted by Crippen LogP contribution is -2.53. The number of nitrogens with one attached hydrogen (secondary N) is 1. The molecule has 4 amide bonds. The van der Waals surface area contributed by atoms with Crippen LogP contribution in [0.4, 0.5) is 4.79 Å². The fraction of sp³-hybridized carbons (Fsp3) is 0.427. The Morgan fingerprint density at radius 3 is 0.922 bits per heavy atom. The molecule has 672 valence electrons. The normalized spacial score (nSPS) is 14.9. The van der Waals surface area contributed by atoms with E-state index in [0.29, 0.717) is 76.5 Å². The number of carbonyl (C=O) groups excluding carboxylic acids is 3. The smallest absolute Gasteiger partial charge is 0.317 e. The van der Waals surface area contributed by atoms with E-state index in [1.807, 2.05) is 189 Å². The van der Waals surface area contributed by atoms with Gasteiger partial charge in [0.1, 0.15) is 0 Å². The van der Waals surface area contributed by atoms with Crippen molar-refractivity contribution >= 4 is 49.9 Å². The maximum atomic E-state index is 11.9. The van der Waals surface area contributed by atoms with E-state index in [1.54, 1.807) is 49.9 Å². The number of likely N-dealkylation sites (tertiary alicyclic amines) is 3. The van der Waals surface area contributed by atoms with Gasteiger partial charge >= 0.3 is 6.03 Å². The number of nitrogens with two attached hydrogens (primary N) is 1. The van der Waals surface area contributed by atoms with Crippen molar-refractivity contribution in [1.82, 2.24) is 161 Å². The van der Waals surface area contributed by atoms with Crippen molar-refractivity contribution in [3.05, 3.63) is 173 Å². The number of nitrogens with zero attached hydrogens (tertiary/aromatic N) is 32. The second-order valence-corrected chi connectivity index (χ2v) is 35.3. The largest absolute Gasteiger partial charge is 0.341 e. The molecule has 0 spiro atoms. The summed E-state index contributed by atoms with van der Waals surface area (Å²) in [5.74, 6) is 0.115. The average Bonchev–Trinajstić information content (AvgIpc) is 1.64. The number of hydrogen-bond donors (Lipinski definition) is 2. The Morgan fingerprint density at radius 1 is 0.372 bits per heavy atom. The van der Waals surface area contributed by atoms with E-state index in [0.717, 1.165) is 176 Å². The van der Waals surface area contributed by atoms with Crippen molar-refractivity contribution in [3.8, 4) is 90.1 Å². The molecule has 4 fully saturated rings. The summed E-state index contributed by atoms with van der Waals surface area (Å²) in [6.45, 7) is 24.0. The molecule has 20 rings (SSSR count). The molecule has 40 heteroatoms. The van der Waals surface area contributed by atoms with Crippen LogP contribution in [0.3, 0.4) is 0 Å². The quantitative estimate of drug-likeness (QED) is 0.0508. The zero-order valence-electron chi connectivity index (χ0n) is 74.6. The van der Waals surface area contributed by atoms with E-state index in [1.165, 1.54) is 10.6 Å². The van der Waals surface area contributed by atoms with Gasteiger partial charge in [-0.1, -0.05) is 55.4 Å². The Hall–Kier alpha value is -13.8. The van der Waals surface area contributed by atoms with Crippen molar-refractivity contribution in [2.45, 2.75) is 175 Å². The first kappa shape index (κ1) is 87.3. The lowest BCUT2D eigenvalue weighted by atomic mass is 10.1. The number of sulfonamides is 1. The molecule has 0 saturated carbocycles. The summed E-state index contributed by atoms with van der Waals surface area (Å²) in [5, 5.41) is 56.9. The molecular formula is C89H110N34O5S. The summed E-state index contributed by atoms with van der Waals surface area (Å²) >= 11 is 0. The Morgan fingerprint density at radius 2 is 0.651 bits per heavy atom. The number of rotatable bonds is 26. The highest BCUT2D eigenvalue weighted by molar-refractivity contribution is 7.88. The highest BCUT2D eigenvalue weighted by Gasteiger charge is 2.37. The van der Waals surface area contributed by atoms with Crippen LogP contribution < -0.4 is 11.1 Å². The maximum Gasteiger partial charge on any atom is 0.317 e. The van der Waals surface area contributed by atoms with E-state index in [2.05, 4.69) is 140 Å². The van der Waals surface area contributed by atoms with Crippen LogP contribution in [0.5, 0.6) is 0 Å². The molecule has 16 aromatic heterocycles. The molecule has 0 aromatic carbocycles. The molecule has 0 atom stereocenters. The maximum absolute atomic E-state index is 11.9. The molecule has 20 heterocycles. The van der Waals surface area contributed by atoms with Gasteiger partial charge in [0.25, 0.3) is 0 Å². The van der Waals surface area contributed by atoms with Gasteiger partial charge in [0.2, 0.25) is 21.8 Å². The topological polar surface area (TPSA) is 400 Å². The molecule has 0 bridgehead atoms. The molecular weight excluding hydrogens is 1660 g/mol. The summed E-state index contributed by atoms with van der Waals surface area (Å²) in [7, 11) is -1.51. The van der Waals surface area contributed by atoms with E-state index < -0.39 is 10.0 Å². The fourth-order valence-electron chi connectivity index (χ4n) is 17.3. The lowest BCUT2D eigenvalue weighted by molar-refractivity contribution is -0.134. The first-order valence-corrected chi connectivity index (χ1v) is 46.4. The van der Waals surface area contributed by atoms with Gasteiger partial charge < -0.3 is 25.8 Å². The van der Waals surface area contributed by atoms with Gasteiger partial charge in [-0.3, -0.25) is 47.0 Å². The number of urea groups is 1. The molecule has 4 aliphatic heterocycles. The molecule has 0 aliphatic carbocycles. The minimum atomic E-state index is -3.15. The van der Waals surface area contributed by atoms with Gasteiger partial charge in [0, 0.05) is 160 Å². The average molecular weight is 1770 g/mol. The zero-order valence-corrected chi connectivity index (χ0v) is 75.4. The van der Waals surface area contributed by atoms with Crippen LogP contribution in [-0.2, 0) is 19.6 Å². The van der Waals surface area contributed by atoms with Crippen LogP contribution in [-0.4, -0.2) is 254 Å². The van der Waals surface area contributed by atoms with Gasteiger partial charge in [-0.05, 0) is 88.5 Å². The van der Waals surface area contributed by atoms with E-state index in [4.69, 9.17) is 25.7 Å². The number of amides is 4. The van der Waals surface area contributed by atoms with Crippen LogP contribution in [0.1, 0.15) is 175 Å². The Labute approximate surface area is 745 Å². The monoisotopic (exact) mass is 1770 g/mol. The Balaban J connectivity index is 0.000000121. The number of hydrogen-bond acceptors (Lipinski definition) is 22. The standard InChI is InChI=1S/C24H31N9O.C22H27N9O.C22H26N8O.C21H26N8O2S/c1-3-19(4-2)31-15-18(13-28-31)24-22-5-8-26-33(22)16-21(29-24)17-12-27-32(14-17)20-6-9-30(10-7-20)23(34)11-25;1-4-17(5-2)29-11-16(9-26-29)21-20-6-7-24-31(20)14-19(27-21)15-8-25-30(10-15)18-12-28(13-18)22(32)23-3;1-4-18(5-2)28-11-17(9-25-28)22-21-6-7-23-30(21)14-20(26-22)16-8-24-29(10-16)19-12-27(13-19)15(3)31;1-4-17(5-2)27-11-16(9-24-27)21-20-6-7-22-29(20)14-19(25-21)15-8-23-28(10-15)18-12-26(13-18)32(3,30)31/h5,8,12-16,19-20H,3-4,6-7,9-11,25H2,1-2H3;6-11,14,17-18H,4-5,12-13H2,1-3H3,(H,23,32);6-11,14,18-19H,4-5,12-13H2,1-3H3;6-11,14,17-18H,4-5,12-13H2,1-3H3. The van der Waals surface area contributed by atoms with Crippen molar-refractivity contribution in [3.63, 3.8) is 0 Å². The first-order chi connectivity index (χ1) is 62.6. The highest BCUT2D eigenvalue weighted by atomic mass is 32.2. The van der Waals surface area contributed by atoms with Crippen molar-refractivity contribution in [1.29, 1.82) is 0 Å². The predicted molar refractivity (Wildman–Crippen MR) is 486 cm³/mol. The fourth-order valence-corrected chi connectivity index (χ4v) is 18.2. The van der Waals surface area contributed by atoms with Crippen LogP contribution in [0.25, 0.3) is 112 Å². The summed E-state index contributed by atoms with van der Waals surface area (Å²) in [6.07, 6.45) is 56.9. The lowest BCUT2D eigenvalue weighted by Gasteiger charge is -2.38. The van der Waals surface area contributed by atoms with Crippen LogP contribution >= 0.6 is 0 Å².